The number of rotatable bonds is 5. The van der Waals surface area contributed by atoms with Gasteiger partial charge in [0, 0.05) is 20.6 Å². The van der Waals surface area contributed by atoms with Gasteiger partial charge in [0.1, 0.15) is 0 Å². The second-order valence-electron chi connectivity index (χ2n) is 4.02. The van der Waals surface area contributed by atoms with Gasteiger partial charge in [-0.05, 0) is 17.7 Å². The molecule has 6 nitrogen and oxygen atoms in total. The van der Waals surface area contributed by atoms with Crippen LogP contribution in [0, 0.1) is 0 Å². The summed E-state index contributed by atoms with van der Waals surface area (Å²) in [6, 6.07) is 6.06. The Hall–Kier alpha value is -0.960. The maximum atomic E-state index is 11.8. The smallest absolute Gasteiger partial charge is 0.213 e. The molecule has 0 heterocycles. The number of hydrogen-bond donors (Lipinski definition) is 1. The number of nitrogens with one attached hydrogen (secondary N) is 1. The Labute approximate surface area is 108 Å². The Morgan fingerprint density at radius 1 is 1.06 bits per heavy atom. The number of sulfonamides is 2. The Morgan fingerprint density at radius 2 is 1.56 bits per heavy atom. The molecule has 0 radical (unpaired) electrons. The van der Waals surface area contributed by atoms with E-state index < -0.39 is 20.0 Å². The molecule has 0 aromatic heterocycles. The predicted molar refractivity (Wildman–Crippen MR) is 69.0 cm³/mol. The highest BCUT2D eigenvalue weighted by Crippen LogP contribution is 2.13. The molecular weight excluding hydrogens is 276 g/mol. The van der Waals surface area contributed by atoms with Crippen LogP contribution in [-0.2, 0) is 26.6 Å². The Morgan fingerprint density at radius 3 is 1.94 bits per heavy atom. The van der Waals surface area contributed by atoms with Gasteiger partial charge in [0.15, 0.2) is 0 Å². The summed E-state index contributed by atoms with van der Waals surface area (Å²) in [5, 5.41) is 0. The summed E-state index contributed by atoms with van der Waals surface area (Å²) < 4.78 is 48.8. The van der Waals surface area contributed by atoms with Crippen LogP contribution in [0.4, 0.5) is 0 Å². The Kier molecular flexibility index (Phi) is 4.49. The molecule has 8 heteroatoms. The molecule has 0 aliphatic carbocycles. The first-order valence-electron chi connectivity index (χ1n) is 5.09. The van der Waals surface area contributed by atoms with E-state index in [0.717, 1.165) is 10.6 Å². The molecule has 0 spiro atoms. The molecule has 0 saturated heterocycles. The molecule has 1 aromatic carbocycles. The van der Waals surface area contributed by atoms with E-state index in [0.29, 0.717) is 5.56 Å². The van der Waals surface area contributed by atoms with Gasteiger partial charge >= 0.3 is 0 Å². The van der Waals surface area contributed by atoms with E-state index in [2.05, 4.69) is 4.72 Å². The minimum Gasteiger partial charge on any atom is -0.213 e. The fourth-order valence-electron chi connectivity index (χ4n) is 1.20. The molecule has 102 valence electrons. The monoisotopic (exact) mass is 292 g/mol. The first-order valence-corrected chi connectivity index (χ1v) is 8.42. The van der Waals surface area contributed by atoms with Crippen molar-refractivity contribution in [2.45, 2.75) is 11.4 Å². The number of benzene rings is 1. The minimum atomic E-state index is -3.44. The van der Waals surface area contributed by atoms with Crippen molar-refractivity contribution in [3.05, 3.63) is 29.8 Å². The molecule has 0 saturated carbocycles. The van der Waals surface area contributed by atoms with Crippen LogP contribution < -0.4 is 4.72 Å². The summed E-state index contributed by atoms with van der Waals surface area (Å²) in [7, 11) is -3.79. The molecule has 0 unspecified atom stereocenters. The van der Waals surface area contributed by atoms with Crippen LogP contribution in [0.5, 0.6) is 0 Å². The van der Waals surface area contributed by atoms with Crippen LogP contribution in [0.15, 0.2) is 29.2 Å². The van der Waals surface area contributed by atoms with Gasteiger partial charge in [-0.25, -0.2) is 25.9 Å². The molecule has 18 heavy (non-hydrogen) atoms. The molecule has 0 amide bonds. The zero-order chi connectivity index (χ0) is 14.0. The fraction of sp³-hybridized carbons (Fsp3) is 0.400. The summed E-state index contributed by atoms with van der Waals surface area (Å²) in [6.07, 6.45) is 1.07. The molecule has 0 aliphatic rings. The van der Waals surface area contributed by atoms with Crippen molar-refractivity contribution in [2.75, 3.05) is 20.4 Å². The van der Waals surface area contributed by atoms with Crippen molar-refractivity contribution in [2.24, 2.45) is 0 Å². The zero-order valence-corrected chi connectivity index (χ0v) is 12.0. The molecule has 1 N–H and O–H groups in total. The van der Waals surface area contributed by atoms with E-state index in [9.17, 15) is 16.8 Å². The molecule has 1 aromatic rings. The van der Waals surface area contributed by atoms with E-state index in [4.69, 9.17) is 0 Å². The average molecular weight is 292 g/mol. The van der Waals surface area contributed by atoms with E-state index in [1.54, 1.807) is 12.1 Å². The van der Waals surface area contributed by atoms with Crippen LogP contribution in [0.2, 0.25) is 0 Å². The third-order valence-corrected chi connectivity index (χ3v) is 4.74. The molecule has 0 fully saturated rings. The largest absolute Gasteiger partial charge is 0.242 e. The van der Waals surface area contributed by atoms with Crippen molar-refractivity contribution in [1.82, 2.24) is 9.03 Å². The van der Waals surface area contributed by atoms with Crippen molar-refractivity contribution < 1.29 is 16.8 Å². The number of hydrogen-bond acceptors (Lipinski definition) is 4. The second kappa shape index (κ2) is 5.35. The van der Waals surface area contributed by atoms with Gasteiger partial charge in [0.25, 0.3) is 0 Å². The van der Waals surface area contributed by atoms with E-state index in [1.807, 2.05) is 0 Å². The first-order chi connectivity index (χ1) is 8.13. The highest BCUT2D eigenvalue weighted by Gasteiger charge is 2.16. The van der Waals surface area contributed by atoms with E-state index in [1.165, 1.54) is 26.2 Å². The molecule has 0 aliphatic heterocycles. The summed E-state index contributed by atoms with van der Waals surface area (Å²) in [5.41, 5.74) is 0.693. The third kappa shape index (κ3) is 4.05. The molecule has 0 atom stereocenters. The Balaban J connectivity index is 2.88. The summed E-state index contributed by atoms with van der Waals surface area (Å²) in [5.74, 6) is 0. The van der Waals surface area contributed by atoms with Crippen molar-refractivity contribution in [3.8, 4) is 0 Å². The van der Waals surface area contributed by atoms with Gasteiger partial charge in [-0.2, -0.15) is 0 Å². The standard InChI is InChI=1S/C10H16N2O4S2/c1-12(2)18(15,16)10-6-4-9(5-7-10)8-11-17(3,13)14/h4-7,11H,8H2,1-3H3. The van der Waals surface area contributed by atoms with Crippen molar-refractivity contribution in [1.29, 1.82) is 0 Å². The highest BCUT2D eigenvalue weighted by molar-refractivity contribution is 7.89. The molecular formula is C10H16N2O4S2. The van der Waals surface area contributed by atoms with Crippen LogP contribution >= 0.6 is 0 Å². The maximum absolute atomic E-state index is 11.8. The van der Waals surface area contributed by atoms with Gasteiger partial charge in [-0.1, -0.05) is 12.1 Å². The lowest BCUT2D eigenvalue weighted by Crippen LogP contribution is -2.23. The lowest BCUT2D eigenvalue weighted by Gasteiger charge is -2.11. The highest BCUT2D eigenvalue weighted by atomic mass is 32.2. The lowest BCUT2D eigenvalue weighted by molar-refractivity contribution is 0.520. The van der Waals surface area contributed by atoms with Gasteiger partial charge < -0.3 is 0 Å². The SMILES string of the molecule is CN(C)S(=O)(=O)c1ccc(CNS(C)(=O)=O)cc1. The van der Waals surface area contributed by atoms with Crippen LogP contribution in [-0.4, -0.2) is 41.5 Å². The normalized spacial score (nSPS) is 12.9. The topological polar surface area (TPSA) is 83.6 Å². The summed E-state index contributed by atoms with van der Waals surface area (Å²) in [6.45, 7) is 0.140. The van der Waals surface area contributed by atoms with E-state index in [-0.39, 0.29) is 11.4 Å². The maximum Gasteiger partial charge on any atom is 0.242 e. The van der Waals surface area contributed by atoms with Gasteiger partial charge in [0.05, 0.1) is 11.2 Å². The summed E-state index contributed by atoms with van der Waals surface area (Å²) in [4.78, 5) is 0.176. The van der Waals surface area contributed by atoms with E-state index >= 15 is 0 Å². The van der Waals surface area contributed by atoms with Gasteiger partial charge in [0.2, 0.25) is 20.0 Å². The van der Waals surface area contributed by atoms with Crippen LogP contribution in [0.3, 0.4) is 0 Å². The second-order valence-corrected chi connectivity index (χ2v) is 8.01. The summed E-state index contributed by atoms with van der Waals surface area (Å²) >= 11 is 0. The van der Waals surface area contributed by atoms with Gasteiger partial charge in [-0.3, -0.25) is 0 Å². The van der Waals surface area contributed by atoms with Crippen LogP contribution in [0.25, 0.3) is 0 Å². The Bertz CT molecular complexity index is 604. The molecule has 0 bridgehead atoms. The third-order valence-electron chi connectivity index (χ3n) is 2.24. The van der Waals surface area contributed by atoms with Gasteiger partial charge in [-0.15, -0.1) is 0 Å². The predicted octanol–water partition coefficient (Wildman–Crippen LogP) is -0.0139. The molecule has 1 rings (SSSR count). The first kappa shape index (κ1) is 15.1. The van der Waals surface area contributed by atoms with Crippen molar-refractivity contribution >= 4 is 20.0 Å². The zero-order valence-electron chi connectivity index (χ0n) is 10.4. The van der Waals surface area contributed by atoms with Crippen molar-refractivity contribution in [3.63, 3.8) is 0 Å². The minimum absolute atomic E-state index is 0.140. The number of nitrogens with zero attached hydrogens (tertiary/aromatic N) is 1. The van der Waals surface area contributed by atoms with Crippen LogP contribution in [0.1, 0.15) is 5.56 Å². The quantitative estimate of drug-likeness (QED) is 0.827. The average Bonchev–Trinajstić information content (AvgIpc) is 2.26. The fourth-order valence-corrected chi connectivity index (χ4v) is 2.54. The lowest BCUT2D eigenvalue weighted by atomic mass is 10.2.